The monoisotopic (exact) mass is 315 g/mol. The lowest BCUT2D eigenvalue weighted by Gasteiger charge is -2.36. The van der Waals surface area contributed by atoms with Crippen LogP contribution in [0.3, 0.4) is 0 Å². The van der Waals surface area contributed by atoms with Crippen LogP contribution >= 0.6 is 0 Å². The van der Waals surface area contributed by atoms with Crippen LogP contribution in [0.15, 0.2) is 42.5 Å². The zero-order valence-corrected chi connectivity index (χ0v) is 13.3. The van der Waals surface area contributed by atoms with Gasteiger partial charge in [-0.25, -0.2) is 4.39 Å². The average molecular weight is 315 g/mol. The highest BCUT2D eigenvalue weighted by atomic mass is 19.1. The van der Waals surface area contributed by atoms with Crippen LogP contribution in [0.1, 0.15) is 25.3 Å². The number of phenols is 1. The predicted molar refractivity (Wildman–Crippen MR) is 89.7 cm³/mol. The third-order valence-corrected chi connectivity index (χ3v) is 4.13. The van der Waals surface area contributed by atoms with Crippen molar-refractivity contribution in [3.63, 3.8) is 0 Å². The van der Waals surface area contributed by atoms with E-state index >= 15 is 0 Å². The second kappa shape index (κ2) is 6.90. The molecule has 1 aliphatic heterocycles. The first-order valence-corrected chi connectivity index (χ1v) is 8.15. The van der Waals surface area contributed by atoms with Crippen molar-refractivity contribution in [1.82, 2.24) is 0 Å². The summed E-state index contributed by atoms with van der Waals surface area (Å²) in [7, 11) is 0. The maximum atomic E-state index is 13.4. The number of aromatic hydroxyl groups is 1. The summed E-state index contributed by atoms with van der Waals surface area (Å²) in [6, 6.07) is 11.9. The van der Waals surface area contributed by atoms with E-state index in [1.165, 1.54) is 6.07 Å². The molecular formula is C19H22FNO2. The van der Waals surface area contributed by atoms with Crippen LogP contribution in [0, 0.1) is 5.82 Å². The molecule has 2 aromatic carbocycles. The highest BCUT2D eigenvalue weighted by Crippen LogP contribution is 2.36. The zero-order valence-electron chi connectivity index (χ0n) is 13.3. The maximum Gasteiger partial charge on any atom is 0.143 e. The number of phenolic OH excluding ortho intramolecular Hbond substituents is 1. The predicted octanol–water partition coefficient (Wildman–Crippen LogP) is 4.14. The van der Waals surface area contributed by atoms with Crippen molar-refractivity contribution < 1.29 is 14.2 Å². The molecule has 0 amide bonds. The lowest BCUT2D eigenvalue weighted by Crippen LogP contribution is -2.41. The van der Waals surface area contributed by atoms with Gasteiger partial charge >= 0.3 is 0 Å². The van der Waals surface area contributed by atoms with Crippen molar-refractivity contribution in [2.24, 2.45) is 0 Å². The van der Waals surface area contributed by atoms with Gasteiger partial charge in [0.15, 0.2) is 0 Å². The molecule has 2 aromatic rings. The van der Waals surface area contributed by atoms with Crippen LogP contribution in [-0.2, 0) is 6.42 Å². The normalized spacial score (nSPS) is 16.8. The Morgan fingerprint density at radius 1 is 1.26 bits per heavy atom. The van der Waals surface area contributed by atoms with E-state index < -0.39 is 0 Å². The Balaban J connectivity index is 1.80. The van der Waals surface area contributed by atoms with Gasteiger partial charge in [-0.15, -0.1) is 0 Å². The van der Waals surface area contributed by atoms with Crippen molar-refractivity contribution in [1.29, 1.82) is 0 Å². The van der Waals surface area contributed by atoms with E-state index in [0.717, 1.165) is 42.9 Å². The summed E-state index contributed by atoms with van der Waals surface area (Å²) in [6.45, 7) is 3.83. The Bertz CT molecular complexity index is 674. The van der Waals surface area contributed by atoms with Gasteiger partial charge in [-0.05, 0) is 36.2 Å². The summed E-state index contributed by atoms with van der Waals surface area (Å²) in [4.78, 5) is 2.26. The van der Waals surface area contributed by atoms with Gasteiger partial charge in [0, 0.05) is 19.0 Å². The van der Waals surface area contributed by atoms with Crippen molar-refractivity contribution >= 4 is 5.69 Å². The van der Waals surface area contributed by atoms with E-state index in [2.05, 4.69) is 11.8 Å². The van der Waals surface area contributed by atoms with Gasteiger partial charge in [0.25, 0.3) is 0 Å². The third kappa shape index (κ3) is 3.76. The number of hydrogen-bond donors (Lipinski definition) is 1. The Labute approximate surface area is 136 Å². The Kier molecular flexibility index (Phi) is 4.70. The van der Waals surface area contributed by atoms with Crippen LogP contribution in [-0.4, -0.2) is 24.3 Å². The molecule has 0 spiro atoms. The molecule has 3 rings (SSSR count). The summed E-state index contributed by atoms with van der Waals surface area (Å²) in [5, 5.41) is 9.74. The van der Waals surface area contributed by atoms with Crippen molar-refractivity contribution in [2.45, 2.75) is 32.3 Å². The number of hydrogen-bond acceptors (Lipinski definition) is 3. The number of fused-ring (bicyclic) bond motifs is 1. The largest absolute Gasteiger partial charge is 0.508 e. The molecule has 1 N–H and O–H groups in total. The third-order valence-electron chi connectivity index (χ3n) is 4.13. The van der Waals surface area contributed by atoms with Crippen LogP contribution in [0.5, 0.6) is 11.5 Å². The van der Waals surface area contributed by atoms with E-state index in [0.29, 0.717) is 6.42 Å². The summed E-state index contributed by atoms with van der Waals surface area (Å²) in [6.07, 6.45) is 2.84. The Morgan fingerprint density at radius 3 is 2.91 bits per heavy atom. The average Bonchev–Trinajstić information content (AvgIpc) is 2.53. The van der Waals surface area contributed by atoms with Gasteiger partial charge in [-0.3, -0.25) is 0 Å². The van der Waals surface area contributed by atoms with E-state index in [4.69, 9.17) is 4.74 Å². The SMILES string of the molecule is CCCCN1CC(Cc2cccc(F)c2)Oc2ccc(O)cc21. The molecule has 0 aliphatic carbocycles. The van der Waals surface area contributed by atoms with Gasteiger partial charge in [0.1, 0.15) is 23.4 Å². The molecule has 0 bridgehead atoms. The highest BCUT2D eigenvalue weighted by molar-refractivity contribution is 5.63. The minimum Gasteiger partial charge on any atom is -0.508 e. The van der Waals surface area contributed by atoms with Gasteiger partial charge in [-0.1, -0.05) is 25.5 Å². The number of unbranched alkanes of at least 4 members (excludes halogenated alkanes) is 1. The van der Waals surface area contributed by atoms with Crippen LogP contribution in [0.2, 0.25) is 0 Å². The van der Waals surface area contributed by atoms with E-state index in [-0.39, 0.29) is 17.7 Å². The maximum absolute atomic E-state index is 13.4. The lowest BCUT2D eigenvalue weighted by molar-refractivity contribution is 0.193. The van der Waals surface area contributed by atoms with Crippen molar-refractivity contribution in [2.75, 3.05) is 18.0 Å². The number of halogens is 1. The number of benzene rings is 2. The molecule has 0 aromatic heterocycles. The molecule has 23 heavy (non-hydrogen) atoms. The molecule has 1 atom stereocenters. The number of anilines is 1. The molecule has 3 nitrogen and oxygen atoms in total. The highest BCUT2D eigenvalue weighted by Gasteiger charge is 2.26. The fourth-order valence-corrected chi connectivity index (χ4v) is 3.01. The number of rotatable bonds is 5. The summed E-state index contributed by atoms with van der Waals surface area (Å²) in [5.74, 6) is 0.815. The number of nitrogens with zero attached hydrogens (tertiary/aromatic N) is 1. The van der Waals surface area contributed by atoms with Crippen LogP contribution in [0.25, 0.3) is 0 Å². The van der Waals surface area contributed by atoms with E-state index in [1.54, 1.807) is 30.3 Å². The van der Waals surface area contributed by atoms with Gasteiger partial charge in [0.2, 0.25) is 0 Å². The molecule has 0 fully saturated rings. The van der Waals surface area contributed by atoms with Gasteiger partial charge < -0.3 is 14.7 Å². The van der Waals surface area contributed by atoms with Gasteiger partial charge in [-0.2, -0.15) is 0 Å². The summed E-state index contributed by atoms with van der Waals surface area (Å²) in [5.41, 5.74) is 1.88. The fourth-order valence-electron chi connectivity index (χ4n) is 3.01. The first kappa shape index (κ1) is 15.7. The van der Waals surface area contributed by atoms with Crippen LogP contribution in [0.4, 0.5) is 10.1 Å². The van der Waals surface area contributed by atoms with Gasteiger partial charge in [0.05, 0.1) is 12.2 Å². The lowest BCUT2D eigenvalue weighted by atomic mass is 10.0. The Hall–Kier alpha value is -2.23. The minimum absolute atomic E-state index is 0.0225. The molecule has 1 unspecified atom stereocenters. The first-order chi connectivity index (χ1) is 11.2. The topological polar surface area (TPSA) is 32.7 Å². The Morgan fingerprint density at radius 2 is 2.13 bits per heavy atom. The van der Waals surface area contributed by atoms with Crippen molar-refractivity contribution in [3.8, 4) is 11.5 Å². The van der Waals surface area contributed by atoms with Crippen molar-refractivity contribution in [3.05, 3.63) is 53.8 Å². The molecule has 4 heteroatoms. The second-order valence-corrected chi connectivity index (χ2v) is 6.03. The van der Waals surface area contributed by atoms with Crippen LogP contribution < -0.4 is 9.64 Å². The molecule has 1 aliphatic rings. The fraction of sp³-hybridized carbons (Fsp3) is 0.368. The first-order valence-electron chi connectivity index (χ1n) is 8.15. The summed E-state index contributed by atoms with van der Waals surface area (Å²) < 4.78 is 19.4. The number of ether oxygens (including phenoxy) is 1. The molecule has 0 saturated heterocycles. The second-order valence-electron chi connectivity index (χ2n) is 6.03. The molecule has 0 radical (unpaired) electrons. The molecular weight excluding hydrogens is 293 g/mol. The van der Waals surface area contributed by atoms with E-state index in [1.807, 2.05) is 6.07 Å². The van der Waals surface area contributed by atoms with E-state index in [9.17, 15) is 9.50 Å². The zero-order chi connectivity index (χ0) is 16.2. The molecule has 1 heterocycles. The summed E-state index contributed by atoms with van der Waals surface area (Å²) >= 11 is 0. The minimum atomic E-state index is -0.216. The standard InChI is InChI=1S/C19H22FNO2/c1-2-3-9-21-13-17(11-14-5-4-6-15(20)10-14)23-19-8-7-16(22)12-18(19)21/h4-8,10,12,17,22H,2-3,9,11,13H2,1H3. The molecule has 122 valence electrons. The quantitative estimate of drug-likeness (QED) is 0.900. The smallest absolute Gasteiger partial charge is 0.143 e. The molecule has 0 saturated carbocycles.